The van der Waals surface area contributed by atoms with Crippen LogP contribution in [0, 0.1) is 11.7 Å². The molecule has 0 spiro atoms. The average molecular weight is 262 g/mol. The minimum atomic E-state index is -1.07. The topological polar surface area (TPSA) is 51.2 Å². The molecule has 4 heteroatoms. The van der Waals surface area contributed by atoms with Crippen molar-refractivity contribution in [1.29, 1.82) is 0 Å². The number of carbonyl (C=O) groups excluding carboxylic acids is 3. The van der Waals surface area contributed by atoms with E-state index in [0.29, 0.717) is 0 Å². The third-order valence-electron chi connectivity index (χ3n) is 3.55. The molecule has 0 aliphatic heterocycles. The van der Waals surface area contributed by atoms with Gasteiger partial charge in [0.15, 0.2) is 17.3 Å². The molecule has 0 radical (unpaired) electrons. The number of Topliss-reactive ketones (excluding diaryl/α,β-unsaturated/α-hetero) is 3. The van der Waals surface area contributed by atoms with Gasteiger partial charge >= 0.3 is 0 Å². The van der Waals surface area contributed by atoms with Gasteiger partial charge in [0.2, 0.25) is 0 Å². The van der Waals surface area contributed by atoms with E-state index in [0.717, 1.165) is 5.56 Å². The fraction of sp³-hybridized carbons (Fsp3) is 0.400. The van der Waals surface area contributed by atoms with Crippen LogP contribution in [0.25, 0.3) is 0 Å². The summed E-state index contributed by atoms with van der Waals surface area (Å²) in [6.07, 6.45) is 0.547. The maximum absolute atomic E-state index is 12.8. The Morgan fingerprint density at radius 2 is 1.68 bits per heavy atom. The molecule has 1 aromatic rings. The van der Waals surface area contributed by atoms with Gasteiger partial charge in [-0.3, -0.25) is 14.4 Å². The van der Waals surface area contributed by atoms with Crippen LogP contribution in [0.2, 0.25) is 0 Å². The highest BCUT2D eigenvalue weighted by Crippen LogP contribution is 2.32. The van der Waals surface area contributed by atoms with Crippen molar-refractivity contribution in [2.75, 3.05) is 0 Å². The molecule has 0 bridgehead atoms. The first kappa shape index (κ1) is 13.6. The predicted molar refractivity (Wildman–Crippen MR) is 67.2 cm³/mol. The molecular weight excluding hydrogens is 247 g/mol. The lowest BCUT2D eigenvalue weighted by molar-refractivity contribution is -0.142. The smallest absolute Gasteiger partial charge is 0.151 e. The Kier molecular flexibility index (Phi) is 3.88. The fourth-order valence-electron chi connectivity index (χ4n) is 2.51. The van der Waals surface area contributed by atoms with Crippen LogP contribution < -0.4 is 0 Å². The van der Waals surface area contributed by atoms with Crippen LogP contribution >= 0.6 is 0 Å². The van der Waals surface area contributed by atoms with Gasteiger partial charge in [-0.25, -0.2) is 4.39 Å². The Hall–Kier alpha value is -1.84. The maximum atomic E-state index is 12.8. The SMILES string of the molecule is CCC(=O)C1C(=O)CC(c2ccc(F)cc2)CC1=O. The van der Waals surface area contributed by atoms with E-state index in [-0.39, 0.29) is 48.3 Å². The van der Waals surface area contributed by atoms with Crippen molar-refractivity contribution in [1.82, 2.24) is 0 Å². The predicted octanol–water partition coefficient (Wildman–Crippen LogP) is 2.44. The van der Waals surface area contributed by atoms with Gasteiger partial charge in [0.1, 0.15) is 11.7 Å². The average Bonchev–Trinajstić information content (AvgIpc) is 2.38. The van der Waals surface area contributed by atoms with Crippen LogP contribution in [0.15, 0.2) is 24.3 Å². The van der Waals surface area contributed by atoms with Crippen LogP contribution in [-0.2, 0) is 14.4 Å². The number of halogens is 1. The van der Waals surface area contributed by atoms with E-state index in [1.165, 1.54) is 12.1 Å². The molecule has 0 amide bonds. The third kappa shape index (κ3) is 2.78. The molecule has 2 rings (SSSR count). The number of ketones is 3. The molecule has 0 saturated heterocycles. The minimum absolute atomic E-state index is 0.174. The van der Waals surface area contributed by atoms with E-state index in [2.05, 4.69) is 0 Å². The van der Waals surface area contributed by atoms with Crippen molar-refractivity contribution in [3.63, 3.8) is 0 Å². The van der Waals surface area contributed by atoms with Gasteiger partial charge in [-0.15, -0.1) is 0 Å². The molecule has 19 heavy (non-hydrogen) atoms. The highest BCUT2D eigenvalue weighted by atomic mass is 19.1. The second-order valence-corrected chi connectivity index (χ2v) is 4.84. The summed E-state index contributed by atoms with van der Waals surface area (Å²) in [5, 5.41) is 0. The Labute approximate surface area is 110 Å². The summed E-state index contributed by atoms with van der Waals surface area (Å²) in [6, 6.07) is 5.80. The molecule has 0 heterocycles. The first-order valence-corrected chi connectivity index (χ1v) is 6.36. The quantitative estimate of drug-likeness (QED) is 0.786. The molecule has 0 unspecified atom stereocenters. The highest BCUT2D eigenvalue weighted by molar-refractivity contribution is 6.20. The summed E-state index contributed by atoms with van der Waals surface area (Å²) in [6.45, 7) is 1.65. The first-order chi connectivity index (χ1) is 9.02. The van der Waals surface area contributed by atoms with E-state index in [9.17, 15) is 18.8 Å². The Morgan fingerprint density at radius 1 is 1.16 bits per heavy atom. The molecule has 1 aliphatic carbocycles. The van der Waals surface area contributed by atoms with Crippen molar-refractivity contribution in [3.05, 3.63) is 35.6 Å². The lowest BCUT2D eigenvalue weighted by Gasteiger charge is -2.25. The summed E-state index contributed by atoms with van der Waals surface area (Å²) in [5.74, 6) is -2.57. The number of hydrogen-bond donors (Lipinski definition) is 0. The van der Waals surface area contributed by atoms with E-state index >= 15 is 0 Å². The molecule has 1 aromatic carbocycles. The Bertz CT molecular complexity index is 501. The zero-order valence-corrected chi connectivity index (χ0v) is 10.7. The number of rotatable bonds is 3. The maximum Gasteiger partial charge on any atom is 0.151 e. The molecule has 0 N–H and O–H groups in total. The van der Waals surface area contributed by atoms with Gasteiger partial charge in [-0.2, -0.15) is 0 Å². The standard InChI is InChI=1S/C15H15FO3/c1-2-12(17)15-13(18)7-10(8-14(15)19)9-3-5-11(16)6-4-9/h3-6,10,15H,2,7-8H2,1H3. The zero-order chi connectivity index (χ0) is 14.0. The second-order valence-electron chi connectivity index (χ2n) is 4.84. The zero-order valence-electron chi connectivity index (χ0n) is 10.7. The molecule has 100 valence electrons. The van der Waals surface area contributed by atoms with Crippen LogP contribution in [0.1, 0.15) is 37.7 Å². The molecule has 0 aromatic heterocycles. The van der Waals surface area contributed by atoms with Crippen LogP contribution in [0.4, 0.5) is 4.39 Å². The normalized spacial score (nSPS) is 23.5. The largest absolute Gasteiger partial charge is 0.298 e. The minimum Gasteiger partial charge on any atom is -0.298 e. The van der Waals surface area contributed by atoms with Gasteiger partial charge in [-0.1, -0.05) is 19.1 Å². The van der Waals surface area contributed by atoms with Crippen LogP contribution in [0.3, 0.4) is 0 Å². The number of benzene rings is 1. The number of hydrogen-bond acceptors (Lipinski definition) is 3. The molecule has 1 aliphatic rings. The van der Waals surface area contributed by atoms with Crippen molar-refractivity contribution >= 4 is 17.3 Å². The Balaban J connectivity index is 2.18. The van der Waals surface area contributed by atoms with Crippen LogP contribution in [-0.4, -0.2) is 17.3 Å². The molecular formula is C15H15FO3. The van der Waals surface area contributed by atoms with Gasteiger partial charge in [0.05, 0.1) is 0 Å². The van der Waals surface area contributed by atoms with E-state index < -0.39 is 5.92 Å². The molecule has 0 atom stereocenters. The molecule has 1 fully saturated rings. The lowest BCUT2D eigenvalue weighted by atomic mass is 9.75. The summed E-state index contributed by atoms with van der Waals surface area (Å²) >= 11 is 0. The Morgan fingerprint density at radius 3 is 2.16 bits per heavy atom. The summed E-state index contributed by atoms with van der Waals surface area (Å²) in [7, 11) is 0. The van der Waals surface area contributed by atoms with Crippen molar-refractivity contribution in [2.45, 2.75) is 32.1 Å². The van der Waals surface area contributed by atoms with Crippen molar-refractivity contribution < 1.29 is 18.8 Å². The van der Waals surface area contributed by atoms with Crippen LogP contribution in [0.5, 0.6) is 0 Å². The van der Waals surface area contributed by atoms with Crippen molar-refractivity contribution in [3.8, 4) is 0 Å². The van der Waals surface area contributed by atoms with Gasteiger partial charge in [0, 0.05) is 19.3 Å². The van der Waals surface area contributed by atoms with E-state index in [4.69, 9.17) is 0 Å². The summed E-state index contributed by atoms with van der Waals surface area (Å²) < 4.78 is 12.8. The third-order valence-corrected chi connectivity index (χ3v) is 3.55. The summed E-state index contributed by atoms with van der Waals surface area (Å²) in [5.41, 5.74) is 0.769. The lowest BCUT2D eigenvalue weighted by Crippen LogP contribution is -2.37. The highest BCUT2D eigenvalue weighted by Gasteiger charge is 2.39. The number of carbonyl (C=O) groups is 3. The van der Waals surface area contributed by atoms with E-state index in [1.807, 2.05) is 0 Å². The fourth-order valence-corrected chi connectivity index (χ4v) is 2.51. The first-order valence-electron chi connectivity index (χ1n) is 6.36. The van der Waals surface area contributed by atoms with Gasteiger partial charge in [-0.05, 0) is 23.6 Å². The second kappa shape index (κ2) is 5.43. The van der Waals surface area contributed by atoms with Crippen molar-refractivity contribution in [2.24, 2.45) is 5.92 Å². The monoisotopic (exact) mass is 262 g/mol. The molecule has 1 saturated carbocycles. The van der Waals surface area contributed by atoms with Gasteiger partial charge < -0.3 is 0 Å². The van der Waals surface area contributed by atoms with E-state index in [1.54, 1.807) is 19.1 Å². The summed E-state index contributed by atoms with van der Waals surface area (Å²) in [4.78, 5) is 35.5. The van der Waals surface area contributed by atoms with Gasteiger partial charge in [0.25, 0.3) is 0 Å². The molecule has 3 nitrogen and oxygen atoms in total.